The van der Waals surface area contributed by atoms with E-state index in [0.717, 1.165) is 22.2 Å². The molecule has 0 saturated heterocycles. The van der Waals surface area contributed by atoms with Crippen molar-refractivity contribution in [3.63, 3.8) is 0 Å². The lowest BCUT2D eigenvalue weighted by Gasteiger charge is -2.25. The maximum Gasteiger partial charge on any atom is 0.258 e. The second kappa shape index (κ2) is 8.70. The van der Waals surface area contributed by atoms with Crippen LogP contribution in [0.15, 0.2) is 36.5 Å². The van der Waals surface area contributed by atoms with Crippen molar-refractivity contribution in [2.24, 2.45) is 0 Å². The second-order valence-electron chi connectivity index (χ2n) is 7.39. The minimum absolute atomic E-state index is 0.0165. The molecule has 0 bridgehead atoms. The van der Waals surface area contributed by atoms with E-state index in [4.69, 9.17) is 0 Å². The summed E-state index contributed by atoms with van der Waals surface area (Å²) in [4.78, 5) is 18.8. The van der Waals surface area contributed by atoms with Crippen molar-refractivity contribution in [2.75, 3.05) is 30.3 Å². The van der Waals surface area contributed by atoms with Gasteiger partial charge in [-0.05, 0) is 42.7 Å². The van der Waals surface area contributed by atoms with Crippen LogP contribution in [0.3, 0.4) is 0 Å². The van der Waals surface area contributed by atoms with Gasteiger partial charge in [-0.3, -0.25) is 9.78 Å². The summed E-state index contributed by atoms with van der Waals surface area (Å²) in [5, 5.41) is 11.7. The molecule has 1 aliphatic rings. The van der Waals surface area contributed by atoms with Crippen LogP contribution in [-0.2, 0) is 13.0 Å². The number of benzene rings is 2. The molecule has 0 unspecified atom stereocenters. The highest BCUT2D eigenvalue weighted by atomic mass is 32.2. The molecule has 0 saturated carbocycles. The number of fused-ring (bicyclic) bond motifs is 2. The maximum atomic E-state index is 13.2. The molecule has 4 rings (SSSR count). The maximum absolute atomic E-state index is 13.2. The fraction of sp³-hybridized carbons (Fsp3) is 0.304. The number of phenols is 1. The summed E-state index contributed by atoms with van der Waals surface area (Å²) < 4.78 is 28.3. The summed E-state index contributed by atoms with van der Waals surface area (Å²) in [6.07, 6.45) is 4.16. The van der Waals surface area contributed by atoms with Crippen LogP contribution in [0.2, 0.25) is 0 Å². The summed E-state index contributed by atoms with van der Waals surface area (Å²) in [6, 6.07) is 8.27. The summed E-state index contributed by atoms with van der Waals surface area (Å²) in [5.74, 6) is -0.822. The number of phenolic OH excluding ortho intramolecular Hbond substituents is 1. The first-order valence-corrected chi connectivity index (χ1v) is 11.2. The minimum atomic E-state index is -0.643. The van der Waals surface area contributed by atoms with Gasteiger partial charge in [0.25, 0.3) is 5.91 Å². The smallest absolute Gasteiger partial charge is 0.258 e. The van der Waals surface area contributed by atoms with E-state index < -0.39 is 6.67 Å². The Morgan fingerprint density at radius 3 is 2.65 bits per heavy atom. The van der Waals surface area contributed by atoms with Crippen LogP contribution in [0.25, 0.3) is 10.9 Å². The van der Waals surface area contributed by atoms with E-state index >= 15 is 0 Å². The quantitative estimate of drug-likeness (QED) is 0.537. The number of hydrogen-bond donors (Lipinski definition) is 1. The van der Waals surface area contributed by atoms with Crippen LogP contribution in [-0.4, -0.2) is 46.9 Å². The first kappa shape index (κ1) is 21.4. The van der Waals surface area contributed by atoms with Crippen LogP contribution in [0.4, 0.5) is 14.5 Å². The molecule has 0 atom stereocenters. The largest absolute Gasteiger partial charge is 0.505 e. The predicted molar refractivity (Wildman–Crippen MR) is 120 cm³/mol. The van der Waals surface area contributed by atoms with Crippen molar-refractivity contribution in [3.8, 4) is 5.75 Å². The van der Waals surface area contributed by atoms with E-state index in [9.17, 15) is 18.7 Å². The molecule has 31 heavy (non-hydrogen) atoms. The van der Waals surface area contributed by atoms with E-state index in [1.807, 2.05) is 19.2 Å². The Hall–Kier alpha value is -2.87. The van der Waals surface area contributed by atoms with Crippen molar-refractivity contribution in [3.05, 3.63) is 64.6 Å². The van der Waals surface area contributed by atoms with Gasteiger partial charge in [0.15, 0.2) is 5.75 Å². The number of hydrogen-bond acceptors (Lipinski definition) is 5. The predicted octanol–water partition coefficient (Wildman–Crippen LogP) is 4.70. The van der Waals surface area contributed by atoms with Crippen LogP contribution < -0.4 is 4.31 Å². The van der Waals surface area contributed by atoms with Crippen molar-refractivity contribution < 1.29 is 18.7 Å². The Bertz CT molecular complexity index is 1130. The Morgan fingerprint density at radius 1 is 1.26 bits per heavy atom. The van der Waals surface area contributed by atoms with Crippen molar-refractivity contribution in [1.82, 2.24) is 9.88 Å². The number of aromatic nitrogens is 1. The molecule has 5 nitrogen and oxygen atoms in total. The zero-order chi connectivity index (χ0) is 22.1. The topological polar surface area (TPSA) is 56.7 Å². The Morgan fingerprint density at radius 2 is 2.00 bits per heavy atom. The number of alkyl halides is 1. The minimum Gasteiger partial charge on any atom is -0.505 e. The molecule has 1 N–H and O–H groups in total. The third kappa shape index (κ3) is 3.80. The standard InChI is InChI=1S/C23H23F2N3O2S/c1-3-28(31-2)21-17-11-15(10-14-4-6-16(25)7-5-14)12-26-20(17)22(29)19-18(21)13-27(9-8-24)23(19)30/h4-7,11-12,29H,3,8-10,13H2,1-2H3. The van der Waals surface area contributed by atoms with E-state index in [1.54, 1.807) is 18.3 Å². The number of carbonyl (C=O) groups is 1. The molecule has 0 spiro atoms. The lowest BCUT2D eigenvalue weighted by atomic mass is 9.98. The molecule has 3 aromatic rings. The van der Waals surface area contributed by atoms with Gasteiger partial charge < -0.3 is 14.3 Å². The summed E-state index contributed by atoms with van der Waals surface area (Å²) in [5.41, 5.74) is 3.92. The van der Waals surface area contributed by atoms with Gasteiger partial charge in [-0.2, -0.15) is 0 Å². The van der Waals surface area contributed by atoms with Gasteiger partial charge in [-0.1, -0.05) is 24.1 Å². The molecular formula is C23H23F2N3O2S. The number of carbonyl (C=O) groups excluding carboxylic acids is 1. The van der Waals surface area contributed by atoms with Gasteiger partial charge in [-0.15, -0.1) is 0 Å². The third-order valence-electron chi connectivity index (χ3n) is 5.53. The molecule has 0 aliphatic carbocycles. The number of pyridine rings is 1. The van der Waals surface area contributed by atoms with Crippen LogP contribution >= 0.6 is 11.9 Å². The van der Waals surface area contributed by atoms with Gasteiger partial charge in [0.05, 0.1) is 11.3 Å². The van der Waals surface area contributed by atoms with Gasteiger partial charge in [0.2, 0.25) is 0 Å². The summed E-state index contributed by atoms with van der Waals surface area (Å²) in [7, 11) is 0. The van der Waals surface area contributed by atoms with Crippen molar-refractivity contribution in [1.29, 1.82) is 0 Å². The van der Waals surface area contributed by atoms with E-state index in [-0.39, 0.29) is 36.1 Å². The number of halogens is 2. The molecule has 8 heteroatoms. The zero-order valence-corrected chi connectivity index (χ0v) is 18.2. The fourth-order valence-electron chi connectivity index (χ4n) is 4.11. The monoisotopic (exact) mass is 443 g/mol. The van der Waals surface area contributed by atoms with E-state index in [1.165, 1.54) is 29.0 Å². The Balaban J connectivity index is 1.89. The average molecular weight is 444 g/mol. The van der Waals surface area contributed by atoms with Gasteiger partial charge >= 0.3 is 0 Å². The number of nitrogens with zero attached hydrogens (tertiary/aromatic N) is 3. The molecule has 162 valence electrons. The number of amides is 1. The molecule has 2 aromatic carbocycles. The number of anilines is 1. The summed E-state index contributed by atoms with van der Waals surface area (Å²) >= 11 is 1.52. The highest BCUT2D eigenvalue weighted by Gasteiger charge is 2.36. The number of rotatable bonds is 7. The second-order valence-corrected chi connectivity index (χ2v) is 8.19. The van der Waals surface area contributed by atoms with Crippen LogP contribution in [0.5, 0.6) is 5.75 Å². The first-order valence-electron chi connectivity index (χ1n) is 10.1. The Labute approximate surface area is 183 Å². The van der Waals surface area contributed by atoms with Gasteiger partial charge in [0.1, 0.15) is 18.0 Å². The highest BCUT2D eigenvalue weighted by molar-refractivity contribution is 8.00. The van der Waals surface area contributed by atoms with Gasteiger partial charge in [-0.25, -0.2) is 8.78 Å². The molecular weight excluding hydrogens is 420 g/mol. The van der Waals surface area contributed by atoms with Crippen molar-refractivity contribution in [2.45, 2.75) is 19.9 Å². The normalized spacial score (nSPS) is 13.2. The van der Waals surface area contributed by atoms with Crippen molar-refractivity contribution >= 4 is 34.4 Å². The van der Waals surface area contributed by atoms with Crippen LogP contribution in [0.1, 0.15) is 34.0 Å². The third-order valence-corrected chi connectivity index (χ3v) is 6.41. The molecule has 1 amide bonds. The molecule has 0 radical (unpaired) electrons. The van der Waals surface area contributed by atoms with E-state index in [0.29, 0.717) is 24.0 Å². The number of aromatic hydroxyl groups is 1. The lowest BCUT2D eigenvalue weighted by Crippen LogP contribution is -2.26. The SMILES string of the molecule is CCN(SC)c1c2c(c(O)c3ncc(Cc4ccc(F)cc4)cc13)C(=O)N(CCF)C2. The van der Waals surface area contributed by atoms with E-state index in [2.05, 4.69) is 9.29 Å². The molecule has 0 fully saturated rings. The highest BCUT2D eigenvalue weighted by Crippen LogP contribution is 2.45. The molecule has 2 heterocycles. The van der Waals surface area contributed by atoms with Gasteiger partial charge in [0, 0.05) is 43.0 Å². The molecule has 1 aromatic heterocycles. The summed E-state index contributed by atoms with van der Waals surface area (Å²) in [6.45, 7) is 2.27. The zero-order valence-electron chi connectivity index (χ0n) is 17.4. The lowest BCUT2D eigenvalue weighted by molar-refractivity contribution is 0.0766. The molecule has 1 aliphatic heterocycles. The Kier molecular flexibility index (Phi) is 6.00. The first-order chi connectivity index (χ1) is 15.0. The van der Waals surface area contributed by atoms with Crippen LogP contribution in [0, 0.1) is 5.82 Å². The average Bonchev–Trinajstić information content (AvgIpc) is 3.09. The fourth-order valence-corrected chi connectivity index (χ4v) is 4.75.